The summed E-state index contributed by atoms with van der Waals surface area (Å²) in [6.45, 7) is 2.70. The molecule has 9 heteroatoms. The molecular formula is C21H23N5O3S. The average molecular weight is 426 g/mol. The first kappa shape index (κ1) is 21.4. The Labute approximate surface area is 179 Å². The Morgan fingerprint density at radius 3 is 2.60 bits per heavy atom. The Kier molecular flexibility index (Phi) is 7.45. The highest BCUT2D eigenvalue weighted by molar-refractivity contribution is 7.99. The lowest BCUT2D eigenvalue weighted by Gasteiger charge is -2.07. The second kappa shape index (κ2) is 10.4. The number of carbonyl (C=O) groups excluding carboxylic acids is 1. The molecule has 156 valence electrons. The predicted octanol–water partition coefficient (Wildman–Crippen LogP) is 3.22. The van der Waals surface area contributed by atoms with E-state index in [9.17, 15) is 4.79 Å². The quantitative estimate of drug-likeness (QED) is 0.322. The maximum absolute atomic E-state index is 12.1. The van der Waals surface area contributed by atoms with Gasteiger partial charge in [-0.25, -0.2) is 5.43 Å². The fraction of sp³-hybridized carbons (Fsp3) is 0.238. The van der Waals surface area contributed by atoms with Crippen LogP contribution in [0.15, 0.2) is 58.8 Å². The monoisotopic (exact) mass is 425 g/mol. The van der Waals surface area contributed by atoms with Gasteiger partial charge in [-0.05, 0) is 48.9 Å². The fourth-order valence-electron chi connectivity index (χ4n) is 2.70. The van der Waals surface area contributed by atoms with Crippen molar-refractivity contribution in [3.8, 4) is 22.9 Å². The summed E-state index contributed by atoms with van der Waals surface area (Å²) in [7, 11) is 3.23. The number of rotatable bonds is 9. The number of carbonyl (C=O) groups is 1. The first-order valence-electron chi connectivity index (χ1n) is 9.31. The van der Waals surface area contributed by atoms with Gasteiger partial charge in [0.05, 0.1) is 26.2 Å². The number of amides is 1. The van der Waals surface area contributed by atoms with Gasteiger partial charge in [0.25, 0.3) is 5.91 Å². The summed E-state index contributed by atoms with van der Waals surface area (Å²) < 4.78 is 12.3. The van der Waals surface area contributed by atoms with Crippen LogP contribution in [0.1, 0.15) is 12.5 Å². The molecule has 0 aliphatic rings. The van der Waals surface area contributed by atoms with E-state index in [4.69, 9.17) is 9.47 Å². The fourth-order valence-corrected chi connectivity index (χ4v) is 3.49. The minimum absolute atomic E-state index is 0.177. The summed E-state index contributed by atoms with van der Waals surface area (Å²) in [6.07, 6.45) is 1.57. The molecule has 0 fully saturated rings. The van der Waals surface area contributed by atoms with Gasteiger partial charge in [0.15, 0.2) is 11.0 Å². The van der Waals surface area contributed by atoms with E-state index in [2.05, 4.69) is 20.7 Å². The zero-order valence-corrected chi connectivity index (χ0v) is 17.8. The Morgan fingerprint density at radius 1 is 1.13 bits per heavy atom. The third-order valence-corrected chi connectivity index (χ3v) is 5.18. The topological polar surface area (TPSA) is 90.6 Å². The van der Waals surface area contributed by atoms with Gasteiger partial charge in [-0.1, -0.05) is 23.9 Å². The van der Waals surface area contributed by atoms with Crippen molar-refractivity contribution in [1.82, 2.24) is 20.2 Å². The van der Waals surface area contributed by atoms with E-state index >= 15 is 0 Å². The number of thioether (sulfide) groups is 1. The lowest BCUT2D eigenvalue weighted by atomic mass is 10.2. The highest BCUT2D eigenvalue weighted by Crippen LogP contribution is 2.25. The molecule has 0 aliphatic carbocycles. The summed E-state index contributed by atoms with van der Waals surface area (Å²) in [5.74, 6) is 2.21. The van der Waals surface area contributed by atoms with Crippen molar-refractivity contribution in [3.63, 3.8) is 0 Å². The van der Waals surface area contributed by atoms with Crippen LogP contribution in [0, 0.1) is 0 Å². The highest BCUT2D eigenvalue weighted by Gasteiger charge is 2.14. The van der Waals surface area contributed by atoms with Crippen molar-refractivity contribution < 1.29 is 14.3 Å². The maximum Gasteiger partial charge on any atom is 0.250 e. The Bertz CT molecular complexity index is 1020. The van der Waals surface area contributed by atoms with E-state index in [1.54, 1.807) is 20.4 Å². The number of aromatic nitrogens is 3. The number of benzene rings is 2. The molecule has 0 radical (unpaired) electrons. The molecule has 0 bridgehead atoms. The molecule has 3 rings (SSSR count). The Hall–Kier alpha value is -3.33. The molecular weight excluding hydrogens is 402 g/mol. The van der Waals surface area contributed by atoms with Crippen LogP contribution in [-0.2, 0) is 11.3 Å². The number of hydrazone groups is 1. The van der Waals surface area contributed by atoms with E-state index in [-0.39, 0.29) is 11.7 Å². The van der Waals surface area contributed by atoms with Crippen LogP contribution < -0.4 is 14.9 Å². The Morgan fingerprint density at radius 2 is 1.90 bits per heavy atom. The summed E-state index contributed by atoms with van der Waals surface area (Å²) in [5.41, 5.74) is 4.29. The molecule has 0 unspecified atom stereocenters. The average Bonchev–Trinajstić information content (AvgIpc) is 3.20. The molecule has 30 heavy (non-hydrogen) atoms. The van der Waals surface area contributed by atoms with Crippen LogP contribution in [0.25, 0.3) is 11.4 Å². The summed E-state index contributed by atoms with van der Waals surface area (Å²) in [4.78, 5) is 12.1. The first-order valence-corrected chi connectivity index (χ1v) is 10.3. The van der Waals surface area contributed by atoms with Crippen molar-refractivity contribution in [2.75, 3.05) is 20.0 Å². The normalized spacial score (nSPS) is 10.9. The van der Waals surface area contributed by atoms with Gasteiger partial charge in [0, 0.05) is 12.1 Å². The van der Waals surface area contributed by atoms with Crippen molar-refractivity contribution in [2.24, 2.45) is 5.10 Å². The van der Waals surface area contributed by atoms with E-state index in [1.165, 1.54) is 11.8 Å². The molecule has 1 N–H and O–H groups in total. The molecule has 3 aromatic rings. The molecule has 1 aromatic heterocycles. The molecule has 0 atom stereocenters. The van der Waals surface area contributed by atoms with Crippen molar-refractivity contribution in [2.45, 2.75) is 18.6 Å². The number of nitrogens with zero attached hydrogens (tertiary/aromatic N) is 4. The first-order chi connectivity index (χ1) is 14.6. The number of nitrogens with one attached hydrogen (secondary N) is 1. The zero-order valence-electron chi connectivity index (χ0n) is 17.0. The van der Waals surface area contributed by atoms with Gasteiger partial charge in [-0.2, -0.15) is 5.10 Å². The molecule has 0 saturated heterocycles. The number of ether oxygens (including phenoxy) is 2. The van der Waals surface area contributed by atoms with Gasteiger partial charge in [-0.15, -0.1) is 10.2 Å². The zero-order chi connectivity index (χ0) is 21.3. The van der Waals surface area contributed by atoms with E-state index < -0.39 is 0 Å². The van der Waals surface area contributed by atoms with Gasteiger partial charge < -0.3 is 14.0 Å². The smallest absolute Gasteiger partial charge is 0.250 e. The third-order valence-electron chi connectivity index (χ3n) is 4.21. The molecule has 1 heterocycles. The van der Waals surface area contributed by atoms with Crippen LogP contribution in [0.4, 0.5) is 0 Å². The highest BCUT2D eigenvalue weighted by atomic mass is 32.2. The second-order valence-corrected chi connectivity index (χ2v) is 7.08. The second-order valence-electron chi connectivity index (χ2n) is 6.14. The van der Waals surface area contributed by atoms with Crippen LogP contribution in [0.3, 0.4) is 0 Å². The molecule has 0 spiro atoms. The van der Waals surface area contributed by atoms with Crippen molar-refractivity contribution in [1.29, 1.82) is 0 Å². The van der Waals surface area contributed by atoms with Gasteiger partial charge in [0.2, 0.25) is 0 Å². The standard InChI is InChI=1S/C21H23N5O3S/c1-4-26-20(16-8-10-17(28-2)11-9-16)24-25-21(26)30-14-19(27)23-22-13-15-6-5-7-18(12-15)29-3/h5-13H,4,14H2,1-3H3,(H,23,27)/b22-13+. The molecule has 8 nitrogen and oxygen atoms in total. The molecule has 0 aliphatic heterocycles. The largest absolute Gasteiger partial charge is 0.497 e. The van der Waals surface area contributed by atoms with E-state index in [0.717, 1.165) is 28.5 Å². The minimum atomic E-state index is -0.226. The van der Waals surface area contributed by atoms with Crippen LogP contribution in [-0.4, -0.2) is 46.9 Å². The predicted molar refractivity (Wildman–Crippen MR) is 117 cm³/mol. The van der Waals surface area contributed by atoms with Gasteiger partial charge >= 0.3 is 0 Å². The van der Waals surface area contributed by atoms with Crippen LogP contribution in [0.5, 0.6) is 11.5 Å². The number of methoxy groups -OCH3 is 2. The Balaban J connectivity index is 1.59. The van der Waals surface area contributed by atoms with Gasteiger partial charge in [0.1, 0.15) is 11.5 Å². The summed E-state index contributed by atoms with van der Waals surface area (Å²) in [5, 5.41) is 13.2. The van der Waals surface area contributed by atoms with Crippen molar-refractivity contribution in [3.05, 3.63) is 54.1 Å². The lowest BCUT2D eigenvalue weighted by molar-refractivity contribution is -0.118. The SMILES string of the molecule is CCn1c(SCC(=O)N/N=C/c2cccc(OC)c2)nnc1-c1ccc(OC)cc1. The minimum Gasteiger partial charge on any atom is -0.497 e. The lowest BCUT2D eigenvalue weighted by Crippen LogP contribution is -2.20. The summed E-state index contributed by atoms with van der Waals surface area (Å²) in [6, 6.07) is 15.0. The number of hydrogen-bond acceptors (Lipinski definition) is 7. The molecule has 1 amide bonds. The number of hydrogen-bond donors (Lipinski definition) is 1. The molecule has 0 saturated carbocycles. The van der Waals surface area contributed by atoms with Crippen LogP contribution >= 0.6 is 11.8 Å². The van der Waals surface area contributed by atoms with Crippen molar-refractivity contribution >= 4 is 23.9 Å². The third kappa shape index (κ3) is 5.38. The maximum atomic E-state index is 12.1. The van der Waals surface area contributed by atoms with E-state index in [1.807, 2.05) is 60.0 Å². The van der Waals surface area contributed by atoms with E-state index in [0.29, 0.717) is 11.7 Å². The molecule has 2 aromatic carbocycles. The summed E-state index contributed by atoms with van der Waals surface area (Å²) >= 11 is 1.31. The van der Waals surface area contributed by atoms with Gasteiger partial charge in [-0.3, -0.25) is 4.79 Å². The van der Waals surface area contributed by atoms with Crippen LogP contribution in [0.2, 0.25) is 0 Å².